The van der Waals surface area contributed by atoms with Crippen molar-refractivity contribution in [3.63, 3.8) is 0 Å². The molecule has 0 unspecified atom stereocenters. The lowest BCUT2D eigenvalue weighted by Crippen LogP contribution is -2.43. The standard InChI is InChI=1S/C21H17F3N4O2S/c1-20(2)18(30)28(15-8-7-14(10-25)16(9-15)21(22,23)24)19(31)27(20)11-12-3-5-13(6-4-12)17(26)29/h3-9H,11H2,1-2H3,(H2,26,29). The lowest BCUT2D eigenvalue weighted by molar-refractivity contribution is -0.137. The molecule has 0 aliphatic carbocycles. The number of thiocarbonyl (C=S) groups is 1. The van der Waals surface area contributed by atoms with Crippen molar-refractivity contribution in [3.05, 3.63) is 64.7 Å². The lowest BCUT2D eigenvalue weighted by Gasteiger charge is -2.29. The summed E-state index contributed by atoms with van der Waals surface area (Å²) in [5.74, 6) is -1.07. The molecule has 0 atom stereocenters. The van der Waals surface area contributed by atoms with Gasteiger partial charge in [0.1, 0.15) is 5.54 Å². The lowest BCUT2D eigenvalue weighted by atomic mass is 10.0. The van der Waals surface area contributed by atoms with Crippen LogP contribution in [0, 0.1) is 11.3 Å². The third-order valence-electron chi connectivity index (χ3n) is 5.09. The number of primary amides is 1. The van der Waals surface area contributed by atoms with E-state index in [1.807, 2.05) is 0 Å². The Bertz CT molecular complexity index is 1120. The Morgan fingerprint density at radius 3 is 2.32 bits per heavy atom. The number of nitrogens with two attached hydrogens (primary N) is 1. The Kier molecular flexibility index (Phi) is 5.50. The van der Waals surface area contributed by atoms with Gasteiger partial charge in [0.2, 0.25) is 5.91 Å². The Morgan fingerprint density at radius 1 is 1.19 bits per heavy atom. The van der Waals surface area contributed by atoms with Gasteiger partial charge in [-0.05, 0) is 62.0 Å². The van der Waals surface area contributed by atoms with Crippen LogP contribution in [0.15, 0.2) is 42.5 Å². The van der Waals surface area contributed by atoms with E-state index in [1.54, 1.807) is 43.0 Å². The molecule has 1 fully saturated rings. The number of nitriles is 1. The summed E-state index contributed by atoms with van der Waals surface area (Å²) in [6.45, 7) is 3.43. The van der Waals surface area contributed by atoms with Gasteiger partial charge in [-0.3, -0.25) is 14.5 Å². The van der Waals surface area contributed by atoms with Crippen LogP contribution in [0.4, 0.5) is 18.9 Å². The van der Waals surface area contributed by atoms with E-state index in [9.17, 15) is 22.8 Å². The minimum Gasteiger partial charge on any atom is -0.366 e. The molecule has 2 amide bonds. The van der Waals surface area contributed by atoms with Crippen molar-refractivity contribution in [2.24, 2.45) is 5.73 Å². The predicted octanol–water partition coefficient (Wildman–Crippen LogP) is 3.59. The molecule has 0 aromatic heterocycles. The first-order valence-corrected chi connectivity index (χ1v) is 9.45. The molecule has 0 radical (unpaired) electrons. The highest BCUT2D eigenvalue weighted by Gasteiger charge is 2.49. The van der Waals surface area contributed by atoms with Gasteiger partial charge in [0, 0.05) is 12.1 Å². The maximum Gasteiger partial charge on any atom is 0.417 e. The average molecular weight is 446 g/mol. The van der Waals surface area contributed by atoms with E-state index in [4.69, 9.17) is 23.2 Å². The minimum absolute atomic E-state index is 0.0341. The summed E-state index contributed by atoms with van der Waals surface area (Å²) in [5, 5.41) is 9.03. The van der Waals surface area contributed by atoms with Crippen LogP contribution in [0.5, 0.6) is 0 Å². The smallest absolute Gasteiger partial charge is 0.366 e. The van der Waals surface area contributed by atoms with Gasteiger partial charge in [-0.1, -0.05) is 12.1 Å². The molecule has 0 bridgehead atoms. The summed E-state index contributed by atoms with van der Waals surface area (Å²) in [7, 11) is 0. The van der Waals surface area contributed by atoms with Gasteiger partial charge < -0.3 is 10.6 Å². The molecular formula is C21H17F3N4O2S. The maximum absolute atomic E-state index is 13.4. The van der Waals surface area contributed by atoms with Crippen LogP contribution in [0.1, 0.15) is 40.9 Å². The molecule has 0 saturated carbocycles. The van der Waals surface area contributed by atoms with Crippen LogP contribution in [-0.4, -0.2) is 27.4 Å². The minimum atomic E-state index is -4.76. The number of rotatable bonds is 4. The fraction of sp³-hybridized carbons (Fsp3) is 0.238. The molecule has 3 rings (SSSR count). The topological polar surface area (TPSA) is 90.4 Å². The molecule has 10 heteroatoms. The number of amides is 2. The van der Waals surface area contributed by atoms with Crippen molar-refractivity contribution in [2.45, 2.75) is 32.1 Å². The first kappa shape index (κ1) is 22.2. The monoisotopic (exact) mass is 446 g/mol. The molecule has 1 heterocycles. The second-order valence-corrected chi connectivity index (χ2v) is 7.83. The quantitative estimate of drug-likeness (QED) is 0.725. The number of carbonyl (C=O) groups is 2. The van der Waals surface area contributed by atoms with Gasteiger partial charge in [0.25, 0.3) is 5.91 Å². The molecule has 1 saturated heterocycles. The zero-order valence-corrected chi connectivity index (χ0v) is 17.3. The summed E-state index contributed by atoms with van der Waals surface area (Å²) in [6.07, 6.45) is -4.76. The largest absolute Gasteiger partial charge is 0.417 e. The highest BCUT2D eigenvalue weighted by molar-refractivity contribution is 7.80. The van der Waals surface area contributed by atoms with E-state index in [-0.39, 0.29) is 17.3 Å². The summed E-state index contributed by atoms with van der Waals surface area (Å²) < 4.78 is 40.1. The van der Waals surface area contributed by atoms with Crippen LogP contribution < -0.4 is 10.6 Å². The number of hydrogen-bond acceptors (Lipinski definition) is 4. The summed E-state index contributed by atoms with van der Waals surface area (Å²) in [4.78, 5) is 27.0. The van der Waals surface area contributed by atoms with Crippen molar-refractivity contribution in [1.82, 2.24) is 4.90 Å². The van der Waals surface area contributed by atoms with Gasteiger partial charge >= 0.3 is 6.18 Å². The predicted molar refractivity (Wildman–Crippen MR) is 111 cm³/mol. The summed E-state index contributed by atoms with van der Waals surface area (Å²) in [5.41, 5.74) is 3.40. The molecule has 1 aliphatic heterocycles. The van der Waals surface area contributed by atoms with Crippen molar-refractivity contribution in [1.29, 1.82) is 5.26 Å². The van der Waals surface area contributed by atoms with E-state index in [0.29, 0.717) is 5.56 Å². The summed E-state index contributed by atoms with van der Waals surface area (Å²) >= 11 is 5.45. The fourth-order valence-corrected chi connectivity index (χ4v) is 3.77. The van der Waals surface area contributed by atoms with Gasteiger partial charge in [-0.15, -0.1) is 0 Å². The highest BCUT2D eigenvalue weighted by atomic mass is 32.1. The zero-order chi connectivity index (χ0) is 23.1. The number of alkyl halides is 3. The Hall–Kier alpha value is -3.45. The number of carbonyl (C=O) groups excluding carboxylic acids is 2. The van der Waals surface area contributed by atoms with Crippen molar-refractivity contribution < 1.29 is 22.8 Å². The van der Waals surface area contributed by atoms with Crippen LogP contribution in [0.25, 0.3) is 0 Å². The van der Waals surface area contributed by atoms with E-state index < -0.39 is 34.7 Å². The molecular weight excluding hydrogens is 429 g/mol. The van der Waals surface area contributed by atoms with Gasteiger partial charge in [-0.25, -0.2) is 0 Å². The zero-order valence-electron chi connectivity index (χ0n) is 16.5. The van der Waals surface area contributed by atoms with Crippen molar-refractivity contribution in [2.75, 3.05) is 4.90 Å². The number of nitrogens with zero attached hydrogens (tertiary/aromatic N) is 3. The first-order valence-electron chi connectivity index (χ1n) is 9.04. The maximum atomic E-state index is 13.4. The van der Waals surface area contributed by atoms with Gasteiger partial charge in [0.05, 0.1) is 22.9 Å². The van der Waals surface area contributed by atoms with Crippen LogP contribution in [0.2, 0.25) is 0 Å². The molecule has 6 nitrogen and oxygen atoms in total. The number of anilines is 1. The van der Waals surface area contributed by atoms with Crippen LogP contribution >= 0.6 is 12.2 Å². The third kappa shape index (κ3) is 3.96. The second kappa shape index (κ2) is 7.67. The Labute approximate surface area is 181 Å². The molecule has 2 aromatic carbocycles. The van der Waals surface area contributed by atoms with E-state index in [1.165, 1.54) is 12.1 Å². The number of halogens is 3. The molecule has 1 aliphatic rings. The van der Waals surface area contributed by atoms with Crippen molar-refractivity contribution >= 4 is 34.8 Å². The van der Waals surface area contributed by atoms with Crippen LogP contribution in [0.3, 0.4) is 0 Å². The van der Waals surface area contributed by atoms with Gasteiger partial charge in [0.15, 0.2) is 5.11 Å². The average Bonchev–Trinajstić information content (AvgIpc) is 2.87. The molecule has 2 aromatic rings. The van der Waals surface area contributed by atoms with Crippen LogP contribution in [-0.2, 0) is 17.5 Å². The van der Waals surface area contributed by atoms with E-state index >= 15 is 0 Å². The first-order chi connectivity index (χ1) is 14.4. The Balaban J connectivity index is 1.98. The van der Waals surface area contributed by atoms with Crippen molar-refractivity contribution in [3.8, 4) is 6.07 Å². The SMILES string of the molecule is CC1(C)C(=O)N(c2ccc(C#N)c(C(F)(F)F)c2)C(=S)N1Cc1ccc(C(N)=O)cc1. The fourth-order valence-electron chi connectivity index (χ4n) is 3.29. The molecule has 31 heavy (non-hydrogen) atoms. The number of benzene rings is 2. The Morgan fingerprint density at radius 2 is 1.81 bits per heavy atom. The number of hydrogen-bond donors (Lipinski definition) is 1. The third-order valence-corrected chi connectivity index (χ3v) is 5.49. The molecule has 2 N–H and O–H groups in total. The van der Waals surface area contributed by atoms with E-state index in [2.05, 4.69) is 0 Å². The molecule has 0 spiro atoms. The normalized spacial score (nSPS) is 15.9. The summed E-state index contributed by atoms with van der Waals surface area (Å²) in [6, 6.07) is 11.0. The second-order valence-electron chi connectivity index (χ2n) is 7.47. The van der Waals surface area contributed by atoms with E-state index in [0.717, 1.165) is 22.6 Å². The van der Waals surface area contributed by atoms with Gasteiger partial charge in [-0.2, -0.15) is 18.4 Å². The molecule has 160 valence electrons. The highest BCUT2D eigenvalue weighted by Crippen LogP contribution is 2.38.